The standard InChI is InChI=1S/C13H12F3NO3/c1-3-19-12(18)6-11-8(2)4-10(5-9(11)7-17)20-13(14,15)16/h4-5H,3,6H2,1-2H3. The molecule has 0 aliphatic heterocycles. The van der Waals surface area contributed by atoms with Gasteiger partial charge in [-0.05, 0) is 37.1 Å². The van der Waals surface area contributed by atoms with Crippen LogP contribution in [-0.4, -0.2) is 18.9 Å². The van der Waals surface area contributed by atoms with Gasteiger partial charge in [-0.15, -0.1) is 13.2 Å². The number of esters is 1. The summed E-state index contributed by atoms with van der Waals surface area (Å²) in [6, 6.07) is 3.84. The van der Waals surface area contributed by atoms with Gasteiger partial charge in [-0.25, -0.2) is 0 Å². The van der Waals surface area contributed by atoms with Gasteiger partial charge in [0, 0.05) is 0 Å². The SMILES string of the molecule is CCOC(=O)Cc1c(C)cc(OC(F)(F)F)cc1C#N. The Labute approximate surface area is 113 Å². The van der Waals surface area contributed by atoms with Gasteiger partial charge >= 0.3 is 12.3 Å². The Morgan fingerprint density at radius 3 is 2.55 bits per heavy atom. The molecule has 0 fully saturated rings. The minimum absolute atomic E-state index is 0.0442. The molecule has 0 amide bonds. The fraction of sp³-hybridized carbons (Fsp3) is 0.385. The van der Waals surface area contributed by atoms with Crippen molar-refractivity contribution in [2.24, 2.45) is 0 Å². The maximum atomic E-state index is 12.1. The summed E-state index contributed by atoms with van der Waals surface area (Å²) in [5.74, 6) is -1.03. The highest BCUT2D eigenvalue weighted by Crippen LogP contribution is 2.27. The van der Waals surface area contributed by atoms with Crippen LogP contribution in [-0.2, 0) is 16.0 Å². The maximum absolute atomic E-state index is 12.1. The molecular formula is C13H12F3NO3. The average Bonchev–Trinajstić information content (AvgIpc) is 2.30. The summed E-state index contributed by atoms with van der Waals surface area (Å²) in [5, 5.41) is 8.97. The first-order valence-corrected chi connectivity index (χ1v) is 5.71. The van der Waals surface area contributed by atoms with E-state index in [-0.39, 0.29) is 18.6 Å². The topological polar surface area (TPSA) is 59.3 Å². The van der Waals surface area contributed by atoms with Gasteiger partial charge in [-0.3, -0.25) is 4.79 Å². The Kier molecular flexibility index (Phi) is 4.97. The van der Waals surface area contributed by atoms with E-state index in [0.717, 1.165) is 12.1 Å². The zero-order chi connectivity index (χ0) is 15.3. The molecule has 0 aliphatic rings. The van der Waals surface area contributed by atoms with Crippen LogP contribution in [0.5, 0.6) is 5.75 Å². The van der Waals surface area contributed by atoms with Crippen molar-refractivity contribution in [3.63, 3.8) is 0 Å². The van der Waals surface area contributed by atoms with E-state index in [9.17, 15) is 18.0 Å². The number of carbonyl (C=O) groups is 1. The molecule has 0 saturated carbocycles. The van der Waals surface area contributed by atoms with Crippen molar-refractivity contribution in [1.82, 2.24) is 0 Å². The predicted octanol–water partition coefficient (Wildman–Crippen LogP) is 2.87. The van der Waals surface area contributed by atoms with Crippen LogP contribution < -0.4 is 4.74 Å². The van der Waals surface area contributed by atoms with E-state index in [1.165, 1.54) is 6.92 Å². The van der Waals surface area contributed by atoms with Crippen molar-refractivity contribution in [2.75, 3.05) is 6.61 Å². The number of ether oxygens (including phenoxy) is 2. The number of rotatable bonds is 4. The Balaban J connectivity index is 3.09. The first-order valence-electron chi connectivity index (χ1n) is 5.71. The number of hydrogen-bond donors (Lipinski definition) is 0. The molecule has 0 bridgehead atoms. The first kappa shape index (κ1) is 15.8. The number of alkyl halides is 3. The second-order valence-electron chi connectivity index (χ2n) is 3.91. The number of carbonyl (C=O) groups excluding carboxylic acids is 1. The third kappa shape index (κ3) is 4.46. The van der Waals surface area contributed by atoms with E-state index in [1.807, 2.05) is 0 Å². The lowest BCUT2D eigenvalue weighted by Gasteiger charge is -2.13. The fourth-order valence-electron chi connectivity index (χ4n) is 1.67. The molecule has 0 radical (unpaired) electrons. The third-order valence-corrected chi connectivity index (χ3v) is 2.43. The highest BCUT2D eigenvalue weighted by atomic mass is 19.4. The Hall–Kier alpha value is -2.23. The van der Waals surface area contributed by atoms with E-state index < -0.39 is 18.1 Å². The van der Waals surface area contributed by atoms with E-state index in [4.69, 9.17) is 10.00 Å². The van der Waals surface area contributed by atoms with Crippen LogP contribution in [0.4, 0.5) is 13.2 Å². The number of benzene rings is 1. The number of aryl methyl sites for hydroxylation is 1. The molecule has 0 N–H and O–H groups in total. The normalized spacial score (nSPS) is 10.8. The van der Waals surface area contributed by atoms with E-state index in [1.54, 1.807) is 13.0 Å². The Morgan fingerprint density at radius 2 is 2.05 bits per heavy atom. The fourth-order valence-corrected chi connectivity index (χ4v) is 1.67. The molecular weight excluding hydrogens is 275 g/mol. The van der Waals surface area contributed by atoms with Crippen LogP contribution in [0.15, 0.2) is 12.1 Å². The number of halogens is 3. The van der Waals surface area contributed by atoms with Crippen molar-refractivity contribution in [3.05, 3.63) is 28.8 Å². The molecule has 108 valence electrons. The summed E-state index contributed by atoms with van der Waals surface area (Å²) < 4.78 is 44.9. The lowest BCUT2D eigenvalue weighted by atomic mass is 9.99. The van der Waals surface area contributed by atoms with Crippen LogP contribution in [0.2, 0.25) is 0 Å². The van der Waals surface area contributed by atoms with Crippen molar-refractivity contribution in [1.29, 1.82) is 5.26 Å². The van der Waals surface area contributed by atoms with Crippen LogP contribution in [0, 0.1) is 18.3 Å². The monoisotopic (exact) mass is 287 g/mol. The highest BCUT2D eigenvalue weighted by molar-refractivity contribution is 5.74. The lowest BCUT2D eigenvalue weighted by molar-refractivity contribution is -0.274. The number of hydrogen-bond acceptors (Lipinski definition) is 4. The summed E-state index contributed by atoms with van der Waals surface area (Å²) in [4.78, 5) is 11.4. The summed E-state index contributed by atoms with van der Waals surface area (Å²) in [6.45, 7) is 3.32. The zero-order valence-electron chi connectivity index (χ0n) is 10.9. The second kappa shape index (κ2) is 6.28. The van der Waals surface area contributed by atoms with Crippen LogP contribution in [0.1, 0.15) is 23.6 Å². The molecule has 0 atom stereocenters. The van der Waals surface area contributed by atoms with Gasteiger partial charge in [-0.2, -0.15) is 5.26 Å². The summed E-state index contributed by atoms with van der Waals surface area (Å²) >= 11 is 0. The zero-order valence-corrected chi connectivity index (χ0v) is 10.9. The molecule has 0 heterocycles. The minimum atomic E-state index is -4.83. The van der Waals surface area contributed by atoms with Gasteiger partial charge in [0.05, 0.1) is 24.7 Å². The molecule has 7 heteroatoms. The van der Waals surface area contributed by atoms with Gasteiger partial charge in [0.2, 0.25) is 0 Å². The molecule has 20 heavy (non-hydrogen) atoms. The quantitative estimate of drug-likeness (QED) is 0.799. The van der Waals surface area contributed by atoms with Crippen LogP contribution in [0.3, 0.4) is 0 Å². The van der Waals surface area contributed by atoms with Gasteiger partial charge in [0.25, 0.3) is 0 Å². The molecule has 0 saturated heterocycles. The largest absolute Gasteiger partial charge is 0.573 e. The average molecular weight is 287 g/mol. The molecule has 0 aliphatic carbocycles. The Bertz CT molecular complexity index is 547. The van der Waals surface area contributed by atoms with Crippen molar-refractivity contribution >= 4 is 5.97 Å². The van der Waals surface area contributed by atoms with E-state index in [2.05, 4.69) is 4.74 Å². The number of nitrogens with zero attached hydrogens (tertiary/aromatic N) is 1. The maximum Gasteiger partial charge on any atom is 0.573 e. The molecule has 0 unspecified atom stereocenters. The van der Waals surface area contributed by atoms with Crippen molar-refractivity contribution in [3.8, 4) is 11.8 Å². The molecule has 0 spiro atoms. The van der Waals surface area contributed by atoms with Gasteiger partial charge in [-0.1, -0.05) is 0 Å². The van der Waals surface area contributed by atoms with Crippen molar-refractivity contribution < 1.29 is 27.4 Å². The third-order valence-electron chi connectivity index (χ3n) is 2.43. The first-order chi connectivity index (χ1) is 9.26. The van der Waals surface area contributed by atoms with Crippen molar-refractivity contribution in [2.45, 2.75) is 26.6 Å². The molecule has 1 aromatic rings. The smallest absolute Gasteiger partial charge is 0.466 e. The summed E-state index contributed by atoms with van der Waals surface area (Å²) in [6.07, 6.45) is -5.00. The van der Waals surface area contributed by atoms with Gasteiger partial charge in [0.1, 0.15) is 5.75 Å². The molecule has 1 rings (SSSR count). The highest BCUT2D eigenvalue weighted by Gasteiger charge is 2.31. The minimum Gasteiger partial charge on any atom is -0.466 e. The van der Waals surface area contributed by atoms with Gasteiger partial charge in [0.15, 0.2) is 0 Å². The molecule has 4 nitrogen and oxygen atoms in total. The Morgan fingerprint density at radius 1 is 1.40 bits per heavy atom. The van der Waals surface area contributed by atoms with Crippen LogP contribution >= 0.6 is 0 Å². The second-order valence-corrected chi connectivity index (χ2v) is 3.91. The predicted molar refractivity (Wildman–Crippen MR) is 62.9 cm³/mol. The van der Waals surface area contributed by atoms with Gasteiger partial charge < -0.3 is 9.47 Å². The van der Waals surface area contributed by atoms with Crippen LogP contribution in [0.25, 0.3) is 0 Å². The van der Waals surface area contributed by atoms with E-state index in [0.29, 0.717) is 11.1 Å². The molecule has 1 aromatic carbocycles. The molecule has 0 aromatic heterocycles. The summed E-state index contributed by atoms with van der Waals surface area (Å²) in [5.41, 5.74) is 0.647. The summed E-state index contributed by atoms with van der Waals surface area (Å²) in [7, 11) is 0. The number of nitriles is 1. The lowest BCUT2D eigenvalue weighted by Crippen LogP contribution is -2.18. The van der Waals surface area contributed by atoms with E-state index >= 15 is 0 Å².